The average Bonchev–Trinajstić information content (AvgIpc) is 3.11. The Morgan fingerprint density at radius 3 is 3.17 bits per heavy atom. The van der Waals surface area contributed by atoms with Crippen LogP contribution in [0.25, 0.3) is 10.7 Å². The van der Waals surface area contributed by atoms with Crippen molar-refractivity contribution in [1.82, 2.24) is 15.5 Å². The summed E-state index contributed by atoms with van der Waals surface area (Å²) in [7, 11) is 0. The van der Waals surface area contributed by atoms with Gasteiger partial charge in [-0.3, -0.25) is 0 Å². The minimum atomic E-state index is -0.0861. The van der Waals surface area contributed by atoms with Gasteiger partial charge >= 0.3 is 0 Å². The van der Waals surface area contributed by atoms with E-state index in [2.05, 4.69) is 22.4 Å². The first-order valence-electron chi connectivity index (χ1n) is 6.47. The Morgan fingerprint density at radius 1 is 1.56 bits per heavy atom. The summed E-state index contributed by atoms with van der Waals surface area (Å²) in [5.74, 6) is 1.47. The van der Waals surface area contributed by atoms with Gasteiger partial charge in [-0.05, 0) is 37.3 Å². The Hall–Kier alpha value is -1.20. The van der Waals surface area contributed by atoms with Crippen molar-refractivity contribution in [3.8, 4) is 10.7 Å². The fourth-order valence-corrected chi connectivity index (χ4v) is 3.31. The number of nitrogens with zero attached hydrogens (tertiary/aromatic N) is 2. The van der Waals surface area contributed by atoms with Crippen molar-refractivity contribution in [3.05, 3.63) is 23.4 Å². The van der Waals surface area contributed by atoms with Crippen LogP contribution in [0.3, 0.4) is 0 Å². The zero-order chi connectivity index (χ0) is 12.4. The number of aromatic nitrogens is 2. The van der Waals surface area contributed by atoms with Gasteiger partial charge in [0.25, 0.3) is 0 Å². The molecule has 0 aromatic carbocycles. The number of rotatable bonds is 4. The molecule has 0 spiro atoms. The van der Waals surface area contributed by atoms with Gasteiger partial charge in [-0.1, -0.05) is 24.6 Å². The first kappa shape index (κ1) is 11.9. The molecule has 0 aliphatic carbocycles. The van der Waals surface area contributed by atoms with Crippen LogP contribution >= 0.6 is 11.3 Å². The van der Waals surface area contributed by atoms with E-state index in [4.69, 9.17) is 4.52 Å². The Balaban J connectivity index is 1.92. The molecule has 1 N–H and O–H groups in total. The van der Waals surface area contributed by atoms with E-state index in [9.17, 15) is 0 Å². The van der Waals surface area contributed by atoms with Crippen molar-refractivity contribution >= 4 is 11.3 Å². The van der Waals surface area contributed by atoms with Crippen molar-refractivity contribution in [1.29, 1.82) is 0 Å². The van der Waals surface area contributed by atoms with E-state index in [1.807, 2.05) is 17.5 Å². The van der Waals surface area contributed by atoms with Gasteiger partial charge in [-0.2, -0.15) is 4.98 Å². The molecule has 0 amide bonds. The summed E-state index contributed by atoms with van der Waals surface area (Å²) in [6.45, 7) is 3.23. The second kappa shape index (κ2) is 4.82. The second-order valence-corrected chi connectivity index (χ2v) is 5.71. The van der Waals surface area contributed by atoms with Gasteiger partial charge in [0, 0.05) is 0 Å². The second-order valence-electron chi connectivity index (χ2n) is 4.76. The van der Waals surface area contributed by atoms with Gasteiger partial charge in [0.2, 0.25) is 11.7 Å². The van der Waals surface area contributed by atoms with Gasteiger partial charge in [0.1, 0.15) is 0 Å². The summed E-state index contributed by atoms with van der Waals surface area (Å²) in [5.41, 5.74) is -0.0861. The average molecular weight is 263 g/mol. The van der Waals surface area contributed by atoms with Crippen molar-refractivity contribution < 1.29 is 4.52 Å². The lowest BCUT2D eigenvalue weighted by Gasteiger charge is -2.24. The molecule has 0 saturated carbocycles. The first-order valence-corrected chi connectivity index (χ1v) is 7.35. The number of hydrogen-bond acceptors (Lipinski definition) is 5. The van der Waals surface area contributed by atoms with Gasteiger partial charge in [-0.25, -0.2) is 0 Å². The lowest BCUT2D eigenvalue weighted by Crippen LogP contribution is -2.36. The summed E-state index contributed by atoms with van der Waals surface area (Å²) in [4.78, 5) is 5.66. The maximum atomic E-state index is 5.51. The minimum Gasteiger partial charge on any atom is -0.337 e. The van der Waals surface area contributed by atoms with E-state index >= 15 is 0 Å². The number of thiophene rings is 1. The topological polar surface area (TPSA) is 51.0 Å². The minimum absolute atomic E-state index is 0.0861. The molecular weight excluding hydrogens is 246 g/mol. The Morgan fingerprint density at radius 2 is 2.50 bits per heavy atom. The predicted molar refractivity (Wildman–Crippen MR) is 71.4 cm³/mol. The third kappa shape index (κ3) is 1.97. The highest BCUT2D eigenvalue weighted by Gasteiger charge is 2.39. The lowest BCUT2D eigenvalue weighted by atomic mass is 9.92. The first-order chi connectivity index (χ1) is 8.84. The third-order valence-corrected chi connectivity index (χ3v) is 4.36. The van der Waals surface area contributed by atoms with E-state index < -0.39 is 0 Å². The molecule has 1 atom stereocenters. The van der Waals surface area contributed by atoms with Crippen molar-refractivity contribution in [3.63, 3.8) is 0 Å². The highest BCUT2D eigenvalue weighted by atomic mass is 32.1. The Labute approximate surface area is 110 Å². The van der Waals surface area contributed by atoms with Gasteiger partial charge in [0.15, 0.2) is 0 Å². The van der Waals surface area contributed by atoms with E-state index in [1.165, 1.54) is 6.42 Å². The lowest BCUT2D eigenvalue weighted by molar-refractivity contribution is 0.241. The van der Waals surface area contributed by atoms with Crippen molar-refractivity contribution in [2.75, 3.05) is 6.54 Å². The standard InChI is InChI=1S/C13H17N3OS/c1-2-6-13(7-4-8-14-13)12-15-11(16-17-12)10-5-3-9-18-10/h3,5,9,14H,2,4,6-8H2,1H3. The monoisotopic (exact) mass is 263 g/mol. The van der Waals surface area contributed by atoms with Gasteiger partial charge < -0.3 is 9.84 Å². The summed E-state index contributed by atoms with van der Waals surface area (Å²) < 4.78 is 5.51. The van der Waals surface area contributed by atoms with E-state index in [0.717, 1.165) is 36.6 Å². The smallest absolute Gasteiger partial charge is 0.247 e. The number of hydrogen-bond donors (Lipinski definition) is 1. The van der Waals surface area contributed by atoms with Crippen molar-refractivity contribution in [2.24, 2.45) is 0 Å². The molecule has 1 aliphatic rings. The van der Waals surface area contributed by atoms with Gasteiger partial charge in [-0.15, -0.1) is 11.3 Å². The molecule has 3 rings (SSSR count). The van der Waals surface area contributed by atoms with Crippen LogP contribution in [-0.4, -0.2) is 16.7 Å². The van der Waals surface area contributed by atoms with Crippen LogP contribution in [0.15, 0.2) is 22.0 Å². The summed E-state index contributed by atoms with van der Waals surface area (Å²) in [6.07, 6.45) is 4.44. The molecule has 18 heavy (non-hydrogen) atoms. The van der Waals surface area contributed by atoms with Crippen molar-refractivity contribution in [2.45, 2.75) is 38.1 Å². The maximum absolute atomic E-state index is 5.51. The molecule has 3 heterocycles. The summed E-state index contributed by atoms with van der Waals surface area (Å²) in [6, 6.07) is 4.03. The molecule has 2 aromatic rings. The molecular formula is C13H17N3OS. The summed E-state index contributed by atoms with van der Waals surface area (Å²) in [5, 5.41) is 9.70. The highest BCUT2D eigenvalue weighted by molar-refractivity contribution is 7.13. The Kier molecular flexibility index (Phi) is 3.18. The highest BCUT2D eigenvalue weighted by Crippen LogP contribution is 2.35. The van der Waals surface area contributed by atoms with Crippen LogP contribution in [0.2, 0.25) is 0 Å². The van der Waals surface area contributed by atoms with Crippen LogP contribution in [0.5, 0.6) is 0 Å². The molecule has 0 radical (unpaired) electrons. The van der Waals surface area contributed by atoms with Gasteiger partial charge in [0.05, 0.1) is 10.4 Å². The molecule has 5 heteroatoms. The van der Waals surface area contributed by atoms with Crippen LogP contribution < -0.4 is 5.32 Å². The normalized spacial score (nSPS) is 23.6. The third-order valence-electron chi connectivity index (χ3n) is 3.50. The fraction of sp³-hybridized carbons (Fsp3) is 0.538. The molecule has 1 fully saturated rings. The molecule has 0 bridgehead atoms. The van der Waals surface area contributed by atoms with Crippen LogP contribution in [-0.2, 0) is 5.54 Å². The zero-order valence-electron chi connectivity index (χ0n) is 10.5. The summed E-state index contributed by atoms with van der Waals surface area (Å²) >= 11 is 1.64. The van der Waals surface area contributed by atoms with E-state index in [1.54, 1.807) is 11.3 Å². The molecule has 4 nitrogen and oxygen atoms in total. The predicted octanol–water partition coefficient (Wildman–Crippen LogP) is 3.18. The fourth-order valence-electron chi connectivity index (χ4n) is 2.66. The molecule has 1 unspecified atom stereocenters. The number of nitrogens with one attached hydrogen (secondary N) is 1. The van der Waals surface area contributed by atoms with E-state index in [-0.39, 0.29) is 5.54 Å². The quantitative estimate of drug-likeness (QED) is 0.920. The van der Waals surface area contributed by atoms with E-state index in [0.29, 0.717) is 5.82 Å². The van der Waals surface area contributed by atoms with Crippen LogP contribution in [0.4, 0.5) is 0 Å². The SMILES string of the molecule is CCCC1(c2nc(-c3cccs3)no2)CCCN1. The molecule has 96 valence electrons. The zero-order valence-corrected chi connectivity index (χ0v) is 11.3. The molecule has 1 aliphatic heterocycles. The van der Waals surface area contributed by atoms with Crippen LogP contribution in [0, 0.1) is 0 Å². The molecule has 2 aromatic heterocycles. The maximum Gasteiger partial charge on any atom is 0.247 e. The Bertz CT molecular complexity index is 500. The largest absolute Gasteiger partial charge is 0.337 e. The molecule has 1 saturated heterocycles. The van der Waals surface area contributed by atoms with Crippen LogP contribution in [0.1, 0.15) is 38.5 Å².